The van der Waals surface area contributed by atoms with E-state index in [1.165, 1.54) is 4.57 Å². The van der Waals surface area contributed by atoms with Crippen molar-refractivity contribution in [2.24, 2.45) is 5.92 Å². The largest absolute Gasteiger partial charge is 0.394 e. The van der Waals surface area contributed by atoms with Crippen LogP contribution in [0.1, 0.15) is 40.7 Å². The molecule has 1 atom stereocenters. The number of nitrogens with zero attached hydrogens (tertiary/aromatic N) is 4. The van der Waals surface area contributed by atoms with Crippen LogP contribution in [0.25, 0.3) is 22.0 Å². The summed E-state index contributed by atoms with van der Waals surface area (Å²) in [6, 6.07) is 3.18. The molecule has 0 aliphatic heterocycles. The lowest BCUT2D eigenvalue weighted by molar-refractivity contribution is 0.0609. The number of hydrogen-bond donors (Lipinski definition) is 3. The van der Waals surface area contributed by atoms with Gasteiger partial charge in [0.2, 0.25) is 5.95 Å². The number of anilines is 2. The summed E-state index contributed by atoms with van der Waals surface area (Å²) >= 11 is 0. The highest BCUT2D eigenvalue weighted by Crippen LogP contribution is 2.27. The third-order valence-corrected chi connectivity index (χ3v) is 4.74. The molecule has 3 aromatic rings. The maximum atomic E-state index is 13.5. The van der Waals surface area contributed by atoms with Gasteiger partial charge in [-0.1, -0.05) is 13.8 Å². The van der Waals surface area contributed by atoms with Crippen LogP contribution in [0.2, 0.25) is 0 Å². The summed E-state index contributed by atoms with van der Waals surface area (Å²) in [4.78, 5) is 26.3. The minimum Gasteiger partial charge on any atom is -0.394 e. The van der Waals surface area contributed by atoms with Gasteiger partial charge < -0.3 is 25.5 Å². The SMILES string of the molecule is CC(C)COCC(CO)n1ccc2cc(-c3cnc(N)nc3)nc(NC(C)(C)C)c2c1=O. The van der Waals surface area contributed by atoms with Crippen molar-refractivity contribution in [2.45, 2.75) is 46.2 Å². The first-order chi connectivity index (χ1) is 15.1. The standard InChI is InChI=1S/C23H32N6O3/c1-14(2)12-32-13-17(11-30)29-7-6-15-8-18(16-9-25-22(24)26-10-16)27-20(19(15)21(29)31)28-23(3,4)5/h6-10,14,17,30H,11-13H2,1-5H3,(H,27,28)(H2,24,25,26). The van der Waals surface area contributed by atoms with Crippen LogP contribution in [-0.4, -0.2) is 50.0 Å². The van der Waals surface area contributed by atoms with Crippen molar-refractivity contribution in [3.63, 3.8) is 0 Å². The zero-order chi connectivity index (χ0) is 23.5. The Balaban J connectivity index is 2.12. The Hall–Kier alpha value is -3.04. The molecule has 4 N–H and O–H groups in total. The minimum absolute atomic E-state index is 0.181. The van der Waals surface area contributed by atoms with E-state index >= 15 is 0 Å². The minimum atomic E-state index is -0.488. The number of ether oxygens (including phenoxy) is 1. The van der Waals surface area contributed by atoms with E-state index in [0.717, 1.165) is 5.39 Å². The molecule has 3 rings (SSSR count). The van der Waals surface area contributed by atoms with E-state index in [1.54, 1.807) is 18.6 Å². The average molecular weight is 441 g/mol. The summed E-state index contributed by atoms with van der Waals surface area (Å²) < 4.78 is 7.21. The molecule has 0 saturated heterocycles. The fourth-order valence-electron chi connectivity index (χ4n) is 3.29. The van der Waals surface area contributed by atoms with Crippen molar-refractivity contribution >= 4 is 22.5 Å². The summed E-state index contributed by atoms with van der Waals surface area (Å²) in [6.07, 6.45) is 4.90. The number of nitrogens with two attached hydrogens (primary N) is 1. The van der Waals surface area contributed by atoms with Crippen LogP contribution in [0, 0.1) is 5.92 Å². The van der Waals surface area contributed by atoms with E-state index in [9.17, 15) is 9.90 Å². The van der Waals surface area contributed by atoms with Gasteiger partial charge in [-0.2, -0.15) is 0 Å². The van der Waals surface area contributed by atoms with Crippen molar-refractivity contribution in [2.75, 3.05) is 30.9 Å². The molecule has 9 heteroatoms. The Morgan fingerprint density at radius 1 is 1.22 bits per heavy atom. The maximum absolute atomic E-state index is 13.5. The highest BCUT2D eigenvalue weighted by atomic mass is 16.5. The smallest absolute Gasteiger partial charge is 0.262 e. The summed E-state index contributed by atoms with van der Waals surface area (Å²) in [5.41, 5.74) is 6.35. The third kappa shape index (κ3) is 5.60. The van der Waals surface area contributed by atoms with Gasteiger partial charge in [0.25, 0.3) is 5.56 Å². The highest BCUT2D eigenvalue weighted by molar-refractivity contribution is 5.94. The Morgan fingerprint density at radius 2 is 1.91 bits per heavy atom. The van der Waals surface area contributed by atoms with Gasteiger partial charge in [0, 0.05) is 36.3 Å². The van der Waals surface area contributed by atoms with Gasteiger partial charge in [-0.25, -0.2) is 15.0 Å². The number of fused-ring (bicyclic) bond motifs is 1. The second-order valence-electron chi connectivity index (χ2n) is 9.32. The molecule has 0 saturated carbocycles. The van der Waals surface area contributed by atoms with Gasteiger partial charge in [-0.05, 0) is 44.2 Å². The van der Waals surface area contributed by atoms with E-state index in [4.69, 9.17) is 15.5 Å². The fourth-order valence-corrected chi connectivity index (χ4v) is 3.29. The Bertz CT molecular complexity index is 1120. The molecule has 0 aromatic carbocycles. The molecule has 32 heavy (non-hydrogen) atoms. The number of aliphatic hydroxyl groups is 1. The normalized spacial score (nSPS) is 13.0. The zero-order valence-corrected chi connectivity index (χ0v) is 19.3. The van der Waals surface area contributed by atoms with E-state index in [1.807, 2.05) is 32.9 Å². The van der Waals surface area contributed by atoms with Crippen LogP contribution in [0.5, 0.6) is 0 Å². The summed E-state index contributed by atoms with van der Waals surface area (Å²) in [5.74, 6) is 1.01. The molecule has 0 aliphatic rings. The second kappa shape index (κ2) is 9.62. The summed E-state index contributed by atoms with van der Waals surface area (Å²) in [6.45, 7) is 10.7. The maximum Gasteiger partial charge on any atom is 0.262 e. The lowest BCUT2D eigenvalue weighted by Crippen LogP contribution is -2.32. The predicted octanol–water partition coefficient (Wildman–Crippen LogP) is 2.85. The van der Waals surface area contributed by atoms with E-state index in [-0.39, 0.29) is 30.3 Å². The third-order valence-electron chi connectivity index (χ3n) is 4.74. The Kier molecular flexibility index (Phi) is 7.10. The molecule has 0 fully saturated rings. The van der Waals surface area contributed by atoms with Gasteiger partial charge in [0.05, 0.1) is 30.3 Å². The molecule has 172 valence electrons. The van der Waals surface area contributed by atoms with Gasteiger partial charge in [0.15, 0.2) is 0 Å². The van der Waals surface area contributed by atoms with Crippen molar-refractivity contribution < 1.29 is 9.84 Å². The number of rotatable bonds is 8. The van der Waals surface area contributed by atoms with Crippen molar-refractivity contribution in [1.29, 1.82) is 0 Å². The number of aromatic nitrogens is 4. The molecule has 0 radical (unpaired) electrons. The molecule has 3 aromatic heterocycles. The van der Waals surface area contributed by atoms with Gasteiger partial charge in [-0.15, -0.1) is 0 Å². The Labute approximate surface area is 187 Å². The van der Waals surface area contributed by atoms with E-state index < -0.39 is 6.04 Å². The monoisotopic (exact) mass is 440 g/mol. The molecule has 0 amide bonds. The molecule has 3 heterocycles. The fraction of sp³-hybridized carbons (Fsp3) is 0.478. The summed E-state index contributed by atoms with van der Waals surface area (Å²) in [5, 5.41) is 14.4. The van der Waals surface area contributed by atoms with Crippen LogP contribution >= 0.6 is 0 Å². The number of nitrogens with one attached hydrogen (secondary N) is 1. The van der Waals surface area contributed by atoms with Gasteiger partial charge >= 0.3 is 0 Å². The first kappa shape index (κ1) is 23.6. The number of nitrogen functional groups attached to an aromatic ring is 1. The van der Waals surface area contributed by atoms with Crippen LogP contribution in [0.4, 0.5) is 11.8 Å². The molecule has 0 spiro atoms. The van der Waals surface area contributed by atoms with E-state index in [0.29, 0.717) is 35.0 Å². The van der Waals surface area contributed by atoms with Crippen molar-refractivity contribution in [3.8, 4) is 11.3 Å². The quantitative estimate of drug-likeness (QED) is 0.488. The van der Waals surface area contributed by atoms with Crippen LogP contribution < -0.4 is 16.6 Å². The molecule has 0 aliphatic carbocycles. The first-order valence-electron chi connectivity index (χ1n) is 10.7. The van der Waals surface area contributed by atoms with Crippen LogP contribution in [0.15, 0.2) is 35.5 Å². The number of pyridine rings is 2. The Morgan fingerprint density at radius 3 is 2.50 bits per heavy atom. The van der Waals surface area contributed by atoms with Crippen molar-refractivity contribution in [1.82, 2.24) is 19.5 Å². The molecular formula is C23H32N6O3. The van der Waals surface area contributed by atoms with Gasteiger partial charge in [0.1, 0.15) is 5.82 Å². The van der Waals surface area contributed by atoms with Crippen molar-refractivity contribution in [3.05, 3.63) is 41.1 Å². The topological polar surface area (TPSA) is 128 Å². The lowest BCUT2D eigenvalue weighted by atomic mass is 10.1. The molecule has 9 nitrogen and oxygen atoms in total. The second-order valence-corrected chi connectivity index (χ2v) is 9.32. The molecule has 1 unspecified atom stereocenters. The average Bonchev–Trinajstić information content (AvgIpc) is 2.71. The van der Waals surface area contributed by atoms with E-state index in [2.05, 4.69) is 29.1 Å². The summed E-state index contributed by atoms with van der Waals surface area (Å²) in [7, 11) is 0. The molecular weight excluding hydrogens is 408 g/mol. The first-order valence-corrected chi connectivity index (χ1v) is 10.7. The zero-order valence-electron chi connectivity index (χ0n) is 19.3. The number of aliphatic hydroxyl groups excluding tert-OH is 1. The van der Waals surface area contributed by atoms with Crippen LogP contribution in [0.3, 0.4) is 0 Å². The lowest BCUT2D eigenvalue weighted by Gasteiger charge is -2.24. The van der Waals surface area contributed by atoms with Gasteiger partial charge in [-0.3, -0.25) is 4.79 Å². The number of hydrogen-bond acceptors (Lipinski definition) is 8. The highest BCUT2D eigenvalue weighted by Gasteiger charge is 2.20. The molecule has 0 bridgehead atoms. The van der Waals surface area contributed by atoms with Crippen LogP contribution in [-0.2, 0) is 4.74 Å². The predicted molar refractivity (Wildman–Crippen MR) is 127 cm³/mol.